The second-order valence-electron chi connectivity index (χ2n) is 9.92. The van der Waals surface area contributed by atoms with E-state index in [1.54, 1.807) is 27.2 Å². The minimum Gasteiger partial charge on any atom is -0.496 e. The number of hydrogen-bond acceptors (Lipinski definition) is 9. The number of thiocarbonyl (C=S) groups is 1. The number of benzene rings is 2. The summed E-state index contributed by atoms with van der Waals surface area (Å²) < 4.78 is 28.2. The molecule has 1 aromatic heterocycles. The van der Waals surface area contributed by atoms with E-state index >= 15 is 0 Å². The minimum atomic E-state index is -0.608. The van der Waals surface area contributed by atoms with Crippen molar-refractivity contribution in [2.24, 2.45) is 5.92 Å². The quantitative estimate of drug-likeness (QED) is 0.142. The fourth-order valence-corrected chi connectivity index (χ4v) is 5.08. The van der Waals surface area contributed by atoms with Gasteiger partial charge in [0.2, 0.25) is 0 Å². The summed E-state index contributed by atoms with van der Waals surface area (Å²) in [4.78, 5) is 29.7. The van der Waals surface area contributed by atoms with Crippen molar-refractivity contribution in [3.05, 3.63) is 76.6 Å². The fourth-order valence-electron chi connectivity index (χ4n) is 4.68. The molecule has 3 rings (SSSR count). The van der Waals surface area contributed by atoms with E-state index in [1.165, 1.54) is 20.2 Å². The van der Waals surface area contributed by atoms with Crippen LogP contribution in [0.5, 0.6) is 23.0 Å². The van der Waals surface area contributed by atoms with Gasteiger partial charge >= 0.3 is 11.9 Å². The maximum Gasteiger partial charge on any atom is 0.309 e. The number of esters is 2. The highest BCUT2D eigenvalue weighted by molar-refractivity contribution is 7.80. The molecule has 218 valence electrons. The van der Waals surface area contributed by atoms with Crippen LogP contribution < -0.4 is 18.9 Å². The van der Waals surface area contributed by atoms with Crippen LogP contribution in [0.3, 0.4) is 0 Å². The van der Waals surface area contributed by atoms with Crippen LogP contribution in [0.1, 0.15) is 61.1 Å². The predicted molar refractivity (Wildman–Crippen MR) is 160 cm³/mol. The third-order valence-corrected chi connectivity index (χ3v) is 7.07. The lowest BCUT2D eigenvalue weighted by molar-refractivity contribution is -0.153. The van der Waals surface area contributed by atoms with Gasteiger partial charge in [0.25, 0.3) is 0 Å². The molecule has 0 aliphatic carbocycles. The van der Waals surface area contributed by atoms with Gasteiger partial charge < -0.3 is 23.7 Å². The number of carbonyl (C=O) groups is 2. The molecular weight excluding hydrogens is 542 g/mol. The smallest absolute Gasteiger partial charge is 0.309 e. The lowest BCUT2D eigenvalue weighted by atomic mass is 9.85. The monoisotopic (exact) mass is 579 g/mol. The van der Waals surface area contributed by atoms with E-state index in [9.17, 15) is 9.59 Å². The van der Waals surface area contributed by atoms with Crippen LogP contribution in [-0.2, 0) is 14.3 Å². The highest BCUT2D eigenvalue weighted by atomic mass is 32.1. The van der Waals surface area contributed by atoms with E-state index in [-0.39, 0.29) is 23.8 Å². The van der Waals surface area contributed by atoms with E-state index in [0.29, 0.717) is 22.1 Å². The molecule has 1 heterocycles. The molecule has 0 saturated carbocycles. The third-order valence-electron chi connectivity index (χ3n) is 6.71. The van der Waals surface area contributed by atoms with Crippen LogP contribution in [0, 0.1) is 19.8 Å². The minimum absolute atomic E-state index is 0.124. The van der Waals surface area contributed by atoms with Gasteiger partial charge in [-0.25, -0.2) is 0 Å². The summed E-state index contributed by atoms with van der Waals surface area (Å²) in [5.74, 6) is -0.125. The van der Waals surface area contributed by atoms with Crippen LogP contribution in [-0.4, -0.2) is 49.2 Å². The topological polar surface area (TPSA) is 93.2 Å². The molecule has 0 N–H and O–H groups in total. The molecule has 0 aliphatic heterocycles. The third kappa shape index (κ3) is 7.61. The van der Waals surface area contributed by atoms with Crippen molar-refractivity contribution >= 4 is 29.0 Å². The summed E-state index contributed by atoms with van der Waals surface area (Å²) in [6.07, 6.45) is 1.08. The maximum absolute atomic E-state index is 13.4. The van der Waals surface area contributed by atoms with E-state index < -0.39 is 24.0 Å². The summed E-state index contributed by atoms with van der Waals surface area (Å²) in [6.45, 7) is 8.86. The van der Waals surface area contributed by atoms with Crippen molar-refractivity contribution < 1.29 is 33.3 Å². The summed E-state index contributed by atoms with van der Waals surface area (Å²) in [5.41, 5.74) is 4.11. The number of aryl methyl sites for hydroxylation is 2. The van der Waals surface area contributed by atoms with E-state index in [4.69, 9.17) is 35.9 Å². The Morgan fingerprint density at radius 3 is 1.88 bits per heavy atom. The van der Waals surface area contributed by atoms with Gasteiger partial charge in [-0.05, 0) is 50.5 Å². The van der Waals surface area contributed by atoms with Gasteiger partial charge in [-0.1, -0.05) is 43.4 Å². The molecule has 0 fully saturated rings. The molecular formula is C32H37NO7S. The van der Waals surface area contributed by atoms with Crippen LogP contribution in [0.4, 0.5) is 0 Å². The van der Waals surface area contributed by atoms with Gasteiger partial charge in [-0.2, -0.15) is 0 Å². The SMILES string of the molecule is COc1cc(C)ccc1C(c1ccc(C)cc1OC)[C@H](C)OC(=O)[C@H](C)CC(=S)c1nccc(OC)c1OC(C)=O. The molecule has 2 aromatic carbocycles. The number of hydrogen-bond donors (Lipinski definition) is 0. The molecule has 0 unspecified atom stereocenters. The lowest BCUT2D eigenvalue weighted by Gasteiger charge is -2.29. The predicted octanol–water partition coefficient (Wildman–Crippen LogP) is 6.16. The van der Waals surface area contributed by atoms with Crippen LogP contribution >= 0.6 is 12.2 Å². The summed E-state index contributed by atoms with van der Waals surface area (Å²) in [5, 5.41) is 0. The fraction of sp³-hybridized carbons (Fsp3) is 0.375. The number of carbonyl (C=O) groups excluding carboxylic acids is 2. The van der Waals surface area contributed by atoms with Crippen molar-refractivity contribution in [2.45, 2.75) is 53.1 Å². The molecule has 41 heavy (non-hydrogen) atoms. The van der Waals surface area contributed by atoms with Crippen molar-refractivity contribution in [1.29, 1.82) is 0 Å². The number of pyridine rings is 1. The van der Waals surface area contributed by atoms with Crippen LogP contribution in [0.2, 0.25) is 0 Å². The number of rotatable bonds is 12. The Morgan fingerprint density at radius 1 is 0.854 bits per heavy atom. The Labute approximate surface area is 246 Å². The Bertz CT molecular complexity index is 1370. The van der Waals surface area contributed by atoms with Crippen molar-refractivity contribution in [2.75, 3.05) is 21.3 Å². The van der Waals surface area contributed by atoms with Gasteiger partial charge in [0.15, 0.2) is 11.5 Å². The van der Waals surface area contributed by atoms with Crippen LogP contribution in [0.25, 0.3) is 0 Å². The second kappa shape index (κ2) is 14.1. The van der Waals surface area contributed by atoms with Gasteiger partial charge in [0.05, 0.1) is 33.2 Å². The number of methoxy groups -OCH3 is 3. The maximum atomic E-state index is 13.4. The van der Waals surface area contributed by atoms with E-state index in [1.807, 2.05) is 57.2 Å². The highest BCUT2D eigenvalue weighted by Crippen LogP contribution is 2.41. The van der Waals surface area contributed by atoms with Gasteiger partial charge in [-0.15, -0.1) is 0 Å². The standard InChI is InChI=1S/C32H37NO7S/c1-18-9-11-23(26(15-18)37-7)29(24-12-10-19(2)16-27(24)38-8)21(4)39-32(35)20(3)17-28(41)30-31(40-22(5)34)25(36-6)13-14-33-30/h9-16,20-21,29H,17H2,1-8H3/t20-,21+/m1/s1. The largest absolute Gasteiger partial charge is 0.496 e. The molecule has 0 saturated heterocycles. The first kappa shape index (κ1) is 31.5. The normalized spacial score (nSPS) is 12.3. The summed E-state index contributed by atoms with van der Waals surface area (Å²) in [7, 11) is 4.70. The average molecular weight is 580 g/mol. The van der Waals surface area contributed by atoms with E-state index in [0.717, 1.165) is 22.3 Å². The summed E-state index contributed by atoms with van der Waals surface area (Å²) in [6, 6.07) is 13.5. The molecule has 0 aliphatic rings. The zero-order valence-corrected chi connectivity index (χ0v) is 25.6. The Hall–Kier alpha value is -3.98. The van der Waals surface area contributed by atoms with Gasteiger partial charge in [-0.3, -0.25) is 14.6 Å². The Balaban J connectivity index is 1.90. The number of aromatic nitrogens is 1. The molecule has 0 amide bonds. The zero-order valence-electron chi connectivity index (χ0n) is 24.8. The van der Waals surface area contributed by atoms with Gasteiger partial charge in [0.1, 0.15) is 23.3 Å². The zero-order chi connectivity index (χ0) is 30.3. The number of ether oxygens (including phenoxy) is 5. The molecule has 0 radical (unpaired) electrons. The highest BCUT2D eigenvalue weighted by Gasteiger charge is 2.32. The molecule has 2 atom stereocenters. The summed E-state index contributed by atoms with van der Waals surface area (Å²) >= 11 is 5.62. The second-order valence-corrected chi connectivity index (χ2v) is 10.4. The number of nitrogens with zero attached hydrogens (tertiary/aromatic N) is 1. The molecule has 0 spiro atoms. The first-order chi connectivity index (χ1) is 19.5. The van der Waals surface area contributed by atoms with E-state index in [2.05, 4.69) is 4.98 Å². The molecule has 9 heteroatoms. The van der Waals surface area contributed by atoms with Crippen molar-refractivity contribution in [3.63, 3.8) is 0 Å². The Morgan fingerprint density at radius 2 is 1.39 bits per heavy atom. The Kier molecular flexibility index (Phi) is 10.8. The van der Waals surface area contributed by atoms with Crippen LogP contribution in [0.15, 0.2) is 48.7 Å². The van der Waals surface area contributed by atoms with Crippen molar-refractivity contribution in [3.8, 4) is 23.0 Å². The van der Waals surface area contributed by atoms with Crippen molar-refractivity contribution in [1.82, 2.24) is 4.98 Å². The first-order valence-corrected chi connectivity index (χ1v) is 13.7. The molecule has 0 bridgehead atoms. The lowest BCUT2D eigenvalue weighted by Crippen LogP contribution is -2.28. The van der Waals surface area contributed by atoms with Gasteiger partial charge in [0, 0.05) is 35.2 Å². The molecule has 3 aromatic rings. The molecule has 8 nitrogen and oxygen atoms in total. The first-order valence-electron chi connectivity index (χ1n) is 13.2. The average Bonchev–Trinajstić information content (AvgIpc) is 2.94.